The van der Waals surface area contributed by atoms with E-state index in [4.69, 9.17) is 0 Å². The molecule has 1 aromatic carbocycles. The first-order chi connectivity index (χ1) is 13.7. The molecule has 1 saturated carbocycles. The lowest BCUT2D eigenvalue weighted by Gasteiger charge is -2.23. The first-order valence-corrected chi connectivity index (χ1v) is 10.4. The quantitative estimate of drug-likeness (QED) is 0.642. The predicted molar refractivity (Wildman–Crippen MR) is 111 cm³/mol. The van der Waals surface area contributed by atoms with Crippen molar-refractivity contribution in [2.75, 3.05) is 10.6 Å². The summed E-state index contributed by atoms with van der Waals surface area (Å²) < 4.78 is 1.93. The first kappa shape index (κ1) is 18.4. The molecule has 0 unspecified atom stereocenters. The van der Waals surface area contributed by atoms with E-state index in [0.717, 1.165) is 12.8 Å². The van der Waals surface area contributed by atoms with Gasteiger partial charge < -0.3 is 10.6 Å². The molecule has 7 heteroatoms. The molecule has 1 aliphatic rings. The van der Waals surface area contributed by atoms with Crippen molar-refractivity contribution in [2.45, 2.75) is 38.1 Å². The molecule has 4 rings (SSSR count). The van der Waals surface area contributed by atoms with E-state index in [2.05, 4.69) is 15.7 Å². The van der Waals surface area contributed by atoms with Crippen molar-refractivity contribution < 1.29 is 9.59 Å². The normalized spacial score (nSPS) is 14.6. The SMILES string of the molecule is O=C(Nc1ccnn1C1CCCCC1)c1cccc(NC(=O)c2cccs2)c1. The topological polar surface area (TPSA) is 76.0 Å². The molecule has 2 heterocycles. The average Bonchev–Trinajstić information content (AvgIpc) is 3.41. The van der Waals surface area contributed by atoms with Gasteiger partial charge in [0.05, 0.1) is 17.1 Å². The summed E-state index contributed by atoms with van der Waals surface area (Å²) in [5.74, 6) is 0.317. The Morgan fingerprint density at radius 3 is 2.64 bits per heavy atom. The number of anilines is 2. The van der Waals surface area contributed by atoms with Gasteiger partial charge in [0.2, 0.25) is 0 Å². The standard InChI is InChI=1S/C21H22N4O2S/c26-20(24-19-11-12-22-25(19)17-8-2-1-3-9-17)15-6-4-7-16(14-15)23-21(27)18-10-5-13-28-18/h4-7,10-14,17H,1-3,8-9H2,(H,23,27)(H,24,26). The number of hydrogen-bond acceptors (Lipinski definition) is 4. The van der Waals surface area contributed by atoms with Crippen LogP contribution < -0.4 is 10.6 Å². The number of thiophene rings is 1. The molecule has 144 valence electrons. The van der Waals surface area contributed by atoms with Gasteiger partial charge in [0.25, 0.3) is 11.8 Å². The summed E-state index contributed by atoms with van der Waals surface area (Å²) in [6.07, 6.45) is 7.57. The van der Waals surface area contributed by atoms with E-state index < -0.39 is 0 Å². The van der Waals surface area contributed by atoms with Gasteiger partial charge in [-0.1, -0.05) is 31.4 Å². The third-order valence-corrected chi connectivity index (χ3v) is 5.83. The molecule has 0 bridgehead atoms. The van der Waals surface area contributed by atoms with Crippen LogP contribution in [0.1, 0.15) is 58.2 Å². The van der Waals surface area contributed by atoms with Gasteiger partial charge in [0.1, 0.15) is 5.82 Å². The van der Waals surface area contributed by atoms with Crippen molar-refractivity contribution in [3.05, 3.63) is 64.5 Å². The number of aromatic nitrogens is 2. The van der Waals surface area contributed by atoms with Crippen LogP contribution in [0.5, 0.6) is 0 Å². The van der Waals surface area contributed by atoms with Crippen LogP contribution in [0.3, 0.4) is 0 Å². The molecule has 1 fully saturated rings. The summed E-state index contributed by atoms with van der Waals surface area (Å²) in [6, 6.07) is 12.7. The highest BCUT2D eigenvalue weighted by Gasteiger charge is 2.19. The fraction of sp³-hybridized carbons (Fsp3) is 0.286. The largest absolute Gasteiger partial charge is 0.321 e. The Hall–Kier alpha value is -2.93. The molecule has 1 aliphatic carbocycles. The Balaban J connectivity index is 1.46. The second-order valence-electron chi connectivity index (χ2n) is 6.92. The van der Waals surface area contributed by atoms with Gasteiger partial charge >= 0.3 is 0 Å². The molecular weight excluding hydrogens is 372 g/mol. The molecule has 2 N–H and O–H groups in total. The fourth-order valence-electron chi connectivity index (χ4n) is 3.56. The number of rotatable bonds is 5. The molecule has 2 amide bonds. The number of carbonyl (C=O) groups is 2. The van der Waals surface area contributed by atoms with Gasteiger partial charge in [-0.15, -0.1) is 11.3 Å². The summed E-state index contributed by atoms with van der Waals surface area (Å²) in [6.45, 7) is 0. The maximum Gasteiger partial charge on any atom is 0.265 e. The van der Waals surface area contributed by atoms with Crippen LogP contribution in [0, 0.1) is 0 Å². The Kier molecular flexibility index (Phi) is 5.53. The monoisotopic (exact) mass is 394 g/mol. The molecule has 0 radical (unpaired) electrons. The van der Waals surface area contributed by atoms with Crippen LogP contribution in [0.2, 0.25) is 0 Å². The van der Waals surface area contributed by atoms with E-state index in [9.17, 15) is 9.59 Å². The second kappa shape index (κ2) is 8.39. The van der Waals surface area contributed by atoms with Gasteiger partial charge in [-0.3, -0.25) is 9.59 Å². The van der Waals surface area contributed by atoms with Crippen LogP contribution >= 0.6 is 11.3 Å². The van der Waals surface area contributed by atoms with Crippen LogP contribution in [0.4, 0.5) is 11.5 Å². The van der Waals surface area contributed by atoms with E-state index in [-0.39, 0.29) is 11.8 Å². The lowest BCUT2D eigenvalue weighted by atomic mass is 9.96. The van der Waals surface area contributed by atoms with Crippen molar-refractivity contribution in [3.8, 4) is 0 Å². The minimum absolute atomic E-state index is 0.178. The molecule has 2 aromatic heterocycles. The average molecular weight is 394 g/mol. The minimum Gasteiger partial charge on any atom is -0.321 e. The highest BCUT2D eigenvalue weighted by molar-refractivity contribution is 7.12. The van der Waals surface area contributed by atoms with Crippen molar-refractivity contribution in [3.63, 3.8) is 0 Å². The van der Waals surface area contributed by atoms with E-state index in [1.807, 2.05) is 22.2 Å². The zero-order valence-electron chi connectivity index (χ0n) is 15.4. The molecule has 0 spiro atoms. The van der Waals surface area contributed by atoms with Crippen molar-refractivity contribution in [1.29, 1.82) is 0 Å². The van der Waals surface area contributed by atoms with Gasteiger partial charge in [0, 0.05) is 17.3 Å². The molecule has 28 heavy (non-hydrogen) atoms. The Labute approximate surface area is 167 Å². The molecule has 0 aliphatic heterocycles. The number of amides is 2. The third-order valence-electron chi connectivity index (χ3n) is 4.96. The number of benzene rings is 1. The summed E-state index contributed by atoms with van der Waals surface area (Å²) in [5.41, 5.74) is 1.08. The van der Waals surface area contributed by atoms with Crippen LogP contribution in [0.15, 0.2) is 54.0 Å². The minimum atomic E-state index is -0.218. The highest BCUT2D eigenvalue weighted by Crippen LogP contribution is 2.30. The smallest absolute Gasteiger partial charge is 0.265 e. The molecule has 0 saturated heterocycles. The number of carbonyl (C=O) groups excluding carboxylic acids is 2. The summed E-state index contributed by atoms with van der Waals surface area (Å²) in [5, 5.41) is 12.1. The lowest BCUT2D eigenvalue weighted by Crippen LogP contribution is -2.20. The maximum atomic E-state index is 12.8. The van der Waals surface area contributed by atoms with Gasteiger partial charge in [-0.2, -0.15) is 5.10 Å². The van der Waals surface area contributed by atoms with Crippen molar-refractivity contribution in [1.82, 2.24) is 9.78 Å². The number of nitrogens with one attached hydrogen (secondary N) is 2. The van der Waals surface area contributed by atoms with Gasteiger partial charge in [-0.25, -0.2) is 4.68 Å². The fourth-order valence-corrected chi connectivity index (χ4v) is 4.18. The summed E-state index contributed by atoms with van der Waals surface area (Å²) in [4.78, 5) is 25.6. The summed E-state index contributed by atoms with van der Waals surface area (Å²) >= 11 is 1.38. The predicted octanol–water partition coefficient (Wildman–Crippen LogP) is 4.95. The summed E-state index contributed by atoms with van der Waals surface area (Å²) in [7, 11) is 0. The van der Waals surface area contributed by atoms with Crippen LogP contribution in [-0.4, -0.2) is 21.6 Å². The molecule has 6 nitrogen and oxygen atoms in total. The van der Waals surface area contributed by atoms with Gasteiger partial charge in [-0.05, 0) is 42.5 Å². The zero-order valence-corrected chi connectivity index (χ0v) is 16.2. The molecule has 0 atom stereocenters. The van der Waals surface area contributed by atoms with E-state index in [1.165, 1.54) is 30.6 Å². The number of hydrogen-bond donors (Lipinski definition) is 2. The highest BCUT2D eigenvalue weighted by atomic mass is 32.1. The molecule has 3 aromatic rings. The first-order valence-electron chi connectivity index (χ1n) is 9.50. The van der Waals surface area contributed by atoms with Crippen LogP contribution in [0.25, 0.3) is 0 Å². The Morgan fingerprint density at radius 1 is 1.00 bits per heavy atom. The van der Waals surface area contributed by atoms with E-state index in [0.29, 0.717) is 28.0 Å². The lowest BCUT2D eigenvalue weighted by molar-refractivity contribution is 0.101. The number of nitrogens with zero attached hydrogens (tertiary/aromatic N) is 2. The second-order valence-corrected chi connectivity index (χ2v) is 7.87. The maximum absolute atomic E-state index is 12.8. The zero-order chi connectivity index (χ0) is 19.3. The van der Waals surface area contributed by atoms with Crippen molar-refractivity contribution >= 4 is 34.7 Å². The molecular formula is C21H22N4O2S. The van der Waals surface area contributed by atoms with Crippen LogP contribution in [-0.2, 0) is 0 Å². The van der Waals surface area contributed by atoms with E-state index in [1.54, 1.807) is 36.5 Å². The van der Waals surface area contributed by atoms with E-state index >= 15 is 0 Å². The Bertz CT molecular complexity index is 958. The van der Waals surface area contributed by atoms with Crippen molar-refractivity contribution in [2.24, 2.45) is 0 Å². The van der Waals surface area contributed by atoms with Gasteiger partial charge in [0.15, 0.2) is 0 Å². The Morgan fingerprint density at radius 2 is 1.86 bits per heavy atom. The third kappa shape index (κ3) is 4.14.